The molecule has 4 aromatic rings. The van der Waals surface area contributed by atoms with Crippen LogP contribution in [-0.4, -0.2) is 6.71 Å². The topological polar surface area (TPSA) is 3.24 Å². The maximum Gasteiger partial charge on any atom is 0.247 e. The van der Waals surface area contributed by atoms with Crippen LogP contribution in [0.4, 0.5) is 17.1 Å². The van der Waals surface area contributed by atoms with E-state index < -0.39 is 0 Å². The van der Waals surface area contributed by atoms with E-state index in [0.717, 1.165) is 0 Å². The number of hydrogen-bond donors (Lipinski definition) is 0. The Balaban J connectivity index is 1.82. The minimum atomic E-state index is -0.140. The Morgan fingerprint density at radius 3 is 1.66 bits per heavy atom. The summed E-state index contributed by atoms with van der Waals surface area (Å²) in [5, 5.41) is 0. The van der Waals surface area contributed by atoms with Gasteiger partial charge in [-0.25, -0.2) is 0 Å². The number of benzene rings is 4. The number of anilines is 3. The third-order valence-electron chi connectivity index (χ3n) is 10.4. The van der Waals surface area contributed by atoms with Crippen molar-refractivity contribution in [1.82, 2.24) is 0 Å². The molecule has 0 N–H and O–H groups in total. The number of fused-ring (bicyclic) bond motifs is 4. The maximum absolute atomic E-state index is 2.61. The summed E-state index contributed by atoms with van der Waals surface area (Å²) in [5.74, 6) is 0. The highest BCUT2D eigenvalue weighted by molar-refractivity contribution is 6.99. The van der Waals surface area contributed by atoms with Crippen molar-refractivity contribution in [1.29, 1.82) is 0 Å². The molecular formula is C42H52BN. The van der Waals surface area contributed by atoms with Crippen LogP contribution in [0.25, 0.3) is 0 Å². The Kier molecular flexibility index (Phi) is 6.73. The average molecular weight is 582 g/mol. The zero-order valence-corrected chi connectivity index (χ0v) is 29.8. The van der Waals surface area contributed by atoms with Gasteiger partial charge in [0.25, 0.3) is 0 Å². The predicted octanol–water partition coefficient (Wildman–Crippen LogP) is 9.44. The largest absolute Gasteiger partial charge is 0.311 e. The summed E-state index contributed by atoms with van der Waals surface area (Å²) >= 11 is 0. The van der Waals surface area contributed by atoms with Gasteiger partial charge < -0.3 is 4.90 Å². The van der Waals surface area contributed by atoms with Crippen LogP contribution < -0.4 is 21.3 Å². The Morgan fingerprint density at radius 2 is 1.11 bits per heavy atom. The van der Waals surface area contributed by atoms with Gasteiger partial charge in [-0.05, 0) is 99.0 Å². The molecule has 0 amide bonds. The van der Waals surface area contributed by atoms with Crippen LogP contribution >= 0.6 is 0 Å². The number of aryl methyl sites for hydroxylation is 3. The average Bonchev–Trinajstić information content (AvgIpc) is 2.88. The molecule has 2 heteroatoms. The number of rotatable bonds is 1. The summed E-state index contributed by atoms with van der Waals surface area (Å²) in [6, 6.07) is 24.4. The van der Waals surface area contributed by atoms with Crippen LogP contribution in [0.5, 0.6) is 0 Å². The minimum Gasteiger partial charge on any atom is -0.311 e. The van der Waals surface area contributed by atoms with Crippen molar-refractivity contribution in [3.8, 4) is 0 Å². The van der Waals surface area contributed by atoms with E-state index in [1.54, 1.807) is 0 Å². The predicted molar refractivity (Wildman–Crippen MR) is 195 cm³/mol. The summed E-state index contributed by atoms with van der Waals surface area (Å²) in [6.45, 7) is 33.1. The van der Waals surface area contributed by atoms with Gasteiger partial charge in [0.1, 0.15) is 0 Å². The van der Waals surface area contributed by atoms with Gasteiger partial charge in [0.15, 0.2) is 0 Å². The maximum atomic E-state index is 2.61. The first kappa shape index (κ1) is 30.8. The van der Waals surface area contributed by atoms with Gasteiger partial charge >= 0.3 is 0 Å². The second kappa shape index (κ2) is 9.62. The van der Waals surface area contributed by atoms with Crippen molar-refractivity contribution in [2.45, 2.75) is 119 Å². The van der Waals surface area contributed by atoms with Gasteiger partial charge in [0.2, 0.25) is 6.71 Å². The summed E-state index contributed by atoms with van der Waals surface area (Å²) in [5.41, 5.74) is 19.6. The fourth-order valence-electron chi connectivity index (χ4n) is 8.20. The molecule has 0 saturated heterocycles. The highest BCUT2D eigenvalue weighted by atomic mass is 15.2. The van der Waals surface area contributed by atoms with Crippen molar-refractivity contribution < 1.29 is 0 Å². The molecule has 44 heavy (non-hydrogen) atoms. The molecule has 2 aliphatic heterocycles. The van der Waals surface area contributed by atoms with Crippen LogP contribution in [-0.2, 0) is 21.7 Å². The Bertz CT molecular complexity index is 1790. The first-order valence-corrected chi connectivity index (χ1v) is 16.6. The van der Waals surface area contributed by atoms with Crippen LogP contribution in [0.3, 0.4) is 0 Å². The molecule has 0 aliphatic carbocycles. The molecule has 2 aliphatic rings. The van der Waals surface area contributed by atoms with Crippen LogP contribution in [0, 0.1) is 20.8 Å². The van der Waals surface area contributed by atoms with E-state index in [0.29, 0.717) is 0 Å². The summed E-state index contributed by atoms with van der Waals surface area (Å²) in [7, 11) is 0. The summed E-state index contributed by atoms with van der Waals surface area (Å²) < 4.78 is 0. The summed E-state index contributed by atoms with van der Waals surface area (Å²) in [6.07, 6.45) is 0. The van der Waals surface area contributed by atoms with E-state index in [4.69, 9.17) is 0 Å². The van der Waals surface area contributed by atoms with Gasteiger partial charge in [-0.3, -0.25) is 0 Å². The fourth-order valence-corrected chi connectivity index (χ4v) is 8.20. The van der Waals surface area contributed by atoms with Crippen LogP contribution in [0.1, 0.15) is 121 Å². The van der Waals surface area contributed by atoms with Crippen molar-refractivity contribution in [2.75, 3.05) is 4.90 Å². The molecule has 0 fully saturated rings. The van der Waals surface area contributed by atoms with Crippen molar-refractivity contribution in [2.24, 2.45) is 0 Å². The molecule has 0 unspecified atom stereocenters. The number of hydrogen-bond acceptors (Lipinski definition) is 1. The molecule has 0 bridgehead atoms. The van der Waals surface area contributed by atoms with E-state index in [2.05, 4.69) is 162 Å². The monoisotopic (exact) mass is 581 g/mol. The highest BCUT2D eigenvalue weighted by Crippen LogP contribution is 2.47. The van der Waals surface area contributed by atoms with Crippen molar-refractivity contribution in [3.05, 3.63) is 105 Å². The Labute approximate surface area is 268 Å². The van der Waals surface area contributed by atoms with Gasteiger partial charge in [-0.2, -0.15) is 0 Å². The molecule has 2 heterocycles. The van der Waals surface area contributed by atoms with Crippen LogP contribution in [0.2, 0.25) is 0 Å². The lowest BCUT2D eigenvalue weighted by Gasteiger charge is -2.48. The first-order valence-electron chi connectivity index (χ1n) is 16.6. The van der Waals surface area contributed by atoms with E-state index in [1.165, 1.54) is 78.0 Å². The quantitative estimate of drug-likeness (QED) is 0.178. The fraction of sp³-hybridized carbons (Fsp3) is 0.429. The molecule has 4 aromatic carbocycles. The van der Waals surface area contributed by atoms with Gasteiger partial charge in [-0.15, -0.1) is 0 Å². The lowest BCUT2D eigenvalue weighted by Crippen LogP contribution is -2.65. The molecule has 228 valence electrons. The van der Waals surface area contributed by atoms with E-state index in [1.807, 2.05) is 0 Å². The standard InChI is InChI=1S/C42H52BN/c1-25-21-26(2)38(27(3)22-25)44-34-19-16-29(40(7,8)9)24-33(34)43-32-23-28(39(4,5)6)15-17-30(32)42(13,14)36-31(41(10,11)12)18-20-35(44)37(36)43/h15-24H,1-14H3. The molecule has 1 nitrogen and oxygen atoms in total. The van der Waals surface area contributed by atoms with Crippen molar-refractivity contribution in [3.63, 3.8) is 0 Å². The van der Waals surface area contributed by atoms with Gasteiger partial charge in [0, 0.05) is 16.8 Å². The number of nitrogens with zero attached hydrogens (tertiary/aromatic N) is 1. The molecule has 6 rings (SSSR count). The molecule has 0 saturated carbocycles. The second-order valence-electron chi connectivity index (χ2n) is 17.4. The molecule has 0 radical (unpaired) electrons. The lowest BCUT2D eigenvalue weighted by atomic mass is 9.29. The molecule has 0 aromatic heterocycles. The van der Waals surface area contributed by atoms with Gasteiger partial charge in [0.05, 0.1) is 5.69 Å². The molecule has 0 atom stereocenters. The van der Waals surface area contributed by atoms with Gasteiger partial charge in [-0.1, -0.05) is 136 Å². The molecular weight excluding hydrogens is 529 g/mol. The zero-order chi connectivity index (χ0) is 32.3. The van der Waals surface area contributed by atoms with E-state index in [9.17, 15) is 0 Å². The smallest absolute Gasteiger partial charge is 0.247 e. The third-order valence-corrected chi connectivity index (χ3v) is 10.4. The second-order valence-corrected chi connectivity index (χ2v) is 17.4. The normalized spacial score (nSPS) is 15.6. The van der Waals surface area contributed by atoms with Crippen LogP contribution in [0.15, 0.2) is 60.7 Å². The minimum absolute atomic E-state index is 0.0170. The van der Waals surface area contributed by atoms with Crippen molar-refractivity contribution >= 4 is 40.2 Å². The highest BCUT2D eigenvalue weighted by Gasteiger charge is 2.48. The van der Waals surface area contributed by atoms with E-state index >= 15 is 0 Å². The third kappa shape index (κ3) is 4.58. The Hall–Kier alpha value is -3.26. The SMILES string of the molecule is Cc1cc(C)c(N2c3ccc(C(C)(C)C)cc3B3c4cc(C(C)(C)C)ccc4C(C)(C)c4c(C(C)(C)C)ccc2c43)c(C)c1. The lowest BCUT2D eigenvalue weighted by molar-refractivity contribution is 0.551. The molecule has 0 spiro atoms. The summed E-state index contributed by atoms with van der Waals surface area (Å²) in [4.78, 5) is 2.61. The Morgan fingerprint density at radius 1 is 0.591 bits per heavy atom. The van der Waals surface area contributed by atoms with E-state index in [-0.39, 0.29) is 28.4 Å². The first-order chi connectivity index (χ1) is 20.2. The zero-order valence-electron chi connectivity index (χ0n) is 29.8.